The van der Waals surface area contributed by atoms with Crippen LogP contribution in [0, 0.1) is 12.8 Å². The maximum atomic E-state index is 12.8. The number of anilines is 1. The topological polar surface area (TPSA) is 115 Å². The van der Waals surface area contributed by atoms with Gasteiger partial charge in [0.05, 0.1) is 5.69 Å². The monoisotopic (exact) mass is 429 g/mol. The van der Waals surface area contributed by atoms with E-state index in [4.69, 9.17) is 0 Å². The Hall–Kier alpha value is -3.05. The van der Waals surface area contributed by atoms with E-state index in [0.717, 1.165) is 0 Å². The second-order valence-electron chi connectivity index (χ2n) is 7.23. The lowest BCUT2D eigenvalue weighted by atomic mass is 9.97. The SMILES string of the molecule is Cc1nc(S(=O)(=O)N2CCC(C(=O)Nc3cccnc3-n3cccn3)CC2)cn1C. The molecule has 4 heterocycles. The average molecular weight is 430 g/mol. The summed E-state index contributed by atoms with van der Waals surface area (Å²) in [5.41, 5.74) is 0.560. The Labute approximate surface area is 174 Å². The normalized spacial score (nSPS) is 15.9. The van der Waals surface area contributed by atoms with Crippen molar-refractivity contribution < 1.29 is 13.2 Å². The van der Waals surface area contributed by atoms with Gasteiger partial charge in [0.25, 0.3) is 10.0 Å². The number of pyridine rings is 1. The first-order valence-corrected chi connectivity index (χ1v) is 11.1. The second kappa shape index (κ2) is 8.00. The molecule has 1 amide bonds. The van der Waals surface area contributed by atoms with Crippen LogP contribution in [-0.4, -0.2) is 56.0 Å². The summed E-state index contributed by atoms with van der Waals surface area (Å²) in [4.78, 5) is 21.2. The van der Waals surface area contributed by atoms with Gasteiger partial charge in [-0.1, -0.05) is 0 Å². The summed E-state index contributed by atoms with van der Waals surface area (Å²) in [5, 5.41) is 7.13. The summed E-state index contributed by atoms with van der Waals surface area (Å²) in [6.45, 7) is 2.30. The van der Waals surface area contributed by atoms with Gasteiger partial charge in [-0.3, -0.25) is 4.79 Å². The third-order valence-corrected chi connectivity index (χ3v) is 7.05. The summed E-state index contributed by atoms with van der Waals surface area (Å²) >= 11 is 0. The molecule has 30 heavy (non-hydrogen) atoms. The fraction of sp³-hybridized carbons (Fsp3) is 0.368. The molecule has 0 aliphatic carbocycles. The lowest BCUT2D eigenvalue weighted by Gasteiger charge is -2.30. The Morgan fingerprint density at radius 3 is 2.60 bits per heavy atom. The van der Waals surface area contributed by atoms with Crippen LogP contribution in [0.4, 0.5) is 5.69 Å². The molecule has 0 unspecified atom stereocenters. The molecule has 1 saturated heterocycles. The quantitative estimate of drug-likeness (QED) is 0.655. The van der Waals surface area contributed by atoms with Crippen LogP contribution in [0.1, 0.15) is 18.7 Å². The van der Waals surface area contributed by atoms with Gasteiger partial charge in [0.2, 0.25) is 5.91 Å². The Bertz CT molecular complexity index is 1130. The molecular weight excluding hydrogens is 406 g/mol. The van der Waals surface area contributed by atoms with Crippen molar-refractivity contribution in [1.29, 1.82) is 0 Å². The molecule has 0 aromatic carbocycles. The molecule has 0 atom stereocenters. The maximum absolute atomic E-state index is 12.8. The first-order chi connectivity index (χ1) is 14.4. The van der Waals surface area contributed by atoms with Crippen LogP contribution >= 0.6 is 0 Å². The van der Waals surface area contributed by atoms with Crippen molar-refractivity contribution >= 4 is 21.6 Å². The number of carbonyl (C=O) groups excluding carboxylic acids is 1. The van der Waals surface area contributed by atoms with Crippen LogP contribution < -0.4 is 5.32 Å². The number of hydrogen-bond donors (Lipinski definition) is 1. The van der Waals surface area contributed by atoms with Crippen LogP contribution in [0.25, 0.3) is 5.82 Å². The third-order valence-electron chi connectivity index (χ3n) is 5.28. The molecule has 3 aromatic heterocycles. The molecule has 3 aromatic rings. The number of nitrogens with zero attached hydrogens (tertiary/aromatic N) is 6. The second-order valence-corrected chi connectivity index (χ2v) is 9.11. The van der Waals surface area contributed by atoms with E-state index in [9.17, 15) is 13.2 Å². The number of piperidine rings is 1. The third kappa shape index (κ3) is 3.85. The molecule has 1 N–H and O–H groups in total. The summed E-state index contributed by atoms with van der Waals surface area (Å²) < 4.78 is 30.3. The molecule has 1 aliphatic rings. The molecule has 1 fully saturated rings. The molecule has 11 heteroatoms. The molecule has 0 saturated carbocycles. The molecule has 0 spiro atoms. The van der Waals surface area contributed by atoms with E-state index in [2.05, 4.69) is 20.4 Å². The summed E-state index contributed by atoms with van der Waals surface area (Å²) in [7, 11) is -1.90. The van der Waals surface area contributed by atoms with E-state index in [1.807, 2.05) is 0 Å². The molecule has 1 aliphatic heterocycles. The van der Waals surface area contributed by atoms with Crippen LogP contribution in [0.5, 0.6) is 0 Å². The van der Waals surface area contributed by atoms with E-state index >= 15 is 0 Å². The van der Waals surface area contributed by atoms with Crippen LogP contribution in [0.2, 0.25) is 0 Å². The molecule has 10 nitrogen and oxygen atoms in total. The van der Waals surface area contributed by atoms with Gasteiger partial charge < -0.3 is 9.88 Å². The highest BCUT2D eigenvalue weighted by atomic mass is 32.2. The number of nitrogens with one attached hydrogen (secondary N) is 1. The van der Waals surface area contributed by atoms with Crippen molar-refractivity contribution in [1.82, 2.24) is 28.6 Å². The summed E-state index contributed by atoms with van der Waals surface area (Å²) in [5.74, 6) is 0.725. The van der Waals surface area contributed by atoms with E-state index in [0.29, 0.717) is 30.2 Å². The van der Waals surface area contributed by atoms with Crippen molar-refractivity contribution in [3.8, 4) is 5.82 Å². The zero-order valence-corrected chi connectivity index (χ0v) is 17.6. The zero-order valence-electron chi connectivity index (χ0n) is 16.8. The van der Waals surface area contributed by atoms with Crippen molar-refractivity contribution in [2.45, 2.75) is 24.8 Å². The number of rotatable bonds is 5. The van der Waals surface area contributed by atoms with Crippen LogP contribution in [0.3, 0.4) is 0 Å². The number of aryl methyl sites for hydroxylation is 2. The predicted octanol–water partition coefficient (Wildman–Crippen LogP) is 1.35. The van der Waals surface area contributed by atoms with E-state index in [1.165, 1.54) is 10.5 Å². The number of hydrogen-bond acceptors (Lipinski definition) is 6. The number of aromatic nitrogens is 5. The minimum Gasteiger partial charge on any atom is -0.337 e. The minimum absolute atomic E-state index is 0.0459. The molecule has 4 rings (SSSR count). The summed E-state index contributed by atoms with van der Waals surface area (Å²) in [6.07, 6.45) is 7.42. The first kappa shape index (κ1) is 20.2. The highest BCUT2D eigenvalue weighted by Crippen LogP contribution is 2.25. The number of sulfonamides is 1. The predicted molar refractivity (Wildman–Crippen MR) is 109 cm³/mol. The number of amides is 1. The highest BCUT2D eigenvalue weighted by Gasteiger charge is 2.33. The highest BCUT2D eigenvalue weighted by molar-refractivity contribution is 7.89. The van der Waals surface area contributed by atoms with Crippen LogP contribution in [-0.2, 0) is 21.9 Å². The van der Waals surface area contributed by atoms with Crippen molar-refractivity contribution in [2.75, 3.05) is 18.4 Å². The van der Waals surface area contributed by atoms with E-state index in [-0.39, 0.29) is 29.9 Å². The molecule has 0 radical (unpaired) electrons. The van der Waals surface area contributed by atoms with Gasteiger partial charge in [0.15, 0.2) is 10.8 Å². The Balaban J connectivity index is 1.42. The van der Waals surface area contributed by atoms with Crippen molar-refractivity contribution in [3.05, 3.63) is 48.8 Å². The lowest BCUT2D eigenvalue weighted by Crippen LogP contribution is -2.41. The standard InChI is InChI=1S/C19H23N7O3S/c1-14-22-17(13-24(14)2)30(28,29)25-11-6-15(7-12-25)19(27)23-16-5-3-8-20-18(16)26-10-4-9-21-26/h3-5,8-10,13,15H,6-7,11-12H2,1-2H3,(H,23,27). The van der Waals surface area contributed by atoms with Gasteiger partial charge in [-0.05, 0) is 38.0 Å². The Morgan fingerprint density at radius 2 is 1.97 bits per heavy atom. The number of carbonyl (C=O) groups is 1. The van der Waals surface area contributed by atoms with Gasteiger partial charge in [-0.2, -0.15) is 9.40 Å². The lowest BCUT2D eigenvalue weighted by molar-refractivity contribution is -0.120. The maximum Gasteiger partial charge on any atom is 0.262 e. The molecular formula is C19H23N7O3S. The first-order valence-electron chi connectivity index (χ1n) is 9.62. The van der Waals surface area contributed by atoms with Crippen LogP contribution in [0.15, 0.2) is 48.0 Å². The Kier molecular flexibility index (Phi) is 5.39. The van der Waals surface area contributed by atoms with E-state index < -0.39 is 10.0 Å². The molecule has 158 valence electrons. The largest absolute Gasteiger partial charge is 0.337 e. The smallest absolute Gasteiger partial charge is 0.262 e. The minimum atomic E-state index is -3.66. The van der Waals surface area contributed by atoms with Gasteiger partial charge in [-0.25, -0.2) is 23.1 Å². The Morgan fingerprint density at radius 1 is 1.20 bits per heavy atom. The summed E-state index contributed by atoms with van der Waals surface area (Å²) in [6, 6.07) is 5.29. The zero-order chi connectivity index (χ0) is 21.3. The fourth-order valence-electron chi connectivity index (χ4n) is 3.45. The average Bonchev–Trinajstić information content (AvgIpc) is 3.39. The van der Waals surface area contributed by atoms with Gasteiger partial charge in [-0.15, -0.1) is 0 Å². The van der Waals surface area contributed by atoms with Crippen molar-refractivity contribution in [3.63, 3.8) is 0 Å². The molecule has 0 bridgehead atoms. The fourth-order valence-corrected chi connectivity index (χ4v) is 4.94. The van der Waals surface area contributed by atoms with Gasteiger partial charge in [0, 0.05) is 50.8 Å². The number of imidazole rings is 1. The van der Waals surface area contributed by atoms with E-state index in [1.54, 1.807) is 60.0 Å². The van der Waals surface area contributed by atoms with Gasteiger partial charge >= 0.3 is 0 Å². The van der Waals surface area contributed by atoms with Crippen molar-refractivity contribution in [2.24, 2.45) is 13.0 Å². The van der Waals surface area contributed by atoms with Gasteiger partial charge in [0.1, 0.15) is 5.82 Å².